The van der Waals surface area contributed by atoms with E-state index in [1.165, 1.54) is 6.92 Å². The average Bonchev–Trinajstić information content (AvgIpc) is 1.96. The highest BCUT2D eigenvalue weighted by Gasteiger charge is 2.12. The van der Waals surface area contributed by atoms with Crippen molar-refractivity contribution >= 4 is 15.9 Å². The van der Waals surface area contributed by atoms with Crippen molar-refractivity contribution in [3.8, 4) is 0 Å². The summed E-state index contributed by atoms with van der Waals surface area (Å²) in [5, 5.41) is 0. The maximum atomic E-state index is 12.7. The molecule has 4 heteroatoms. The van der Waals surface area contributed by atoms with Crippen molar-refractivity contribution in [3.05, 3.63) is 33.5 Å². The van der Waals surface area contributed by atoms with Crippen molar-refractivity contribution in [2.75, 3.05) is 0 Å². The van der Waals surface area contributed by atoms with Crippen LogP contribution in [-0.4, -0.2) is 0 Å². The lowest BCUT2D eigenvalue weighted by Crippen LogP contribution is -1.91. The van der Waals surface area contributed by atoms with Gasteiger partial charge in [0.2, 0.25) is 0 Å². The Labute approximate surface area is 76.5 Å². The molecule has 0 spiro atoms. The van der Waals surface area contributed by atoms with E-state index < -0.39 is 12.2 Å². The van der Waals surface area contributed by atoms with Gasteiger partial charge in [0, 0.05) is 5.56 Å². The molecule has 1 aromatic rings. The lowest BCUT2D eigenvalue weighted by Gasteiger charge is -2.05. The molecule has 0 aromatic heterocycles. The van der Waals surface area contributed by atoms with Gasteiger partial charge in [-0.15, -0.1) is 0 Å². The maximum absolute atomic E-state index is 12.7. The average molecular weight is 239 g/mol. The quantitative estimate of drug-likeness (QED) is 0.698. The van der Waals surface area contributed by atoms with Gasteiger partial charge in [-0.3, -0.25) is 0 Å². The molecule has 0 aliphatic heterocycles. The molecular weight excluding hydrogens is 233 g/mol. The van der Waals surface area contributed by atoms with E-state index in [-0.39, 0.29) is 15.6 Å². The van der Waals surface area contributed by atoms with Crippen molar-refractivity contribution < 1.29 is 13.2 Å². The van der Waals surface area contributed by atoms with Crippen LogP contribution in [-0.2, 0) is 0 Å². The van der Waals surface area contributed by atoms with Crippen LogP contribution in [0.25, 0.3) is 0 Å². The van der Waals surface area contributed by atoms with Crippen molar-refractivity contribution in [1.82, 2.24) is 0 Å². The van der Waals surface area contributed by atoms with E-state index in [1.54, 1.807) is 0 Å². The fourth-order valence-electron chi connectivity index (χ4n) is 0.897. The fourth-order valence-corrected chi connectivity index (χ4v) is 1.26. The summed E-state index contributed by atoms with van der Waals surface area (Å²) in [6.07, 6.45) is -2.55. The Morgan fingerprint density at radius 1 is 1.33 bits per heavy atom. The molecule has 0 heterocycles. The topological polar surface area (TPSA) is 0 Å². The van der Waals surface area contributed by atoms with Crippen LogP contribution in [0.3, 0.4) is 0 Å². The predicted octanol–water partition coefficient (Wildman–Crippen LogP) is 3.83. The minimum atomic E-state index is -2.55. The number of rotatable bonds is 1. The summed E-state index contributed by atoms with van der Waals surface area (Å²) in [5.41, 5.74) is 0.133. The standard InChI is InChI=1S/C8H6BrF3/c1-4-2-7(10)6(9)3-5(4)8(11)12/h2-3,8H,1H3. The molecule has 0 amide bonds. The summed E-state index contributed by atoms with van der Waals surface area (Å²) < 4.78 is 37.2. The molecule has 0 nitrogen and oxygen atoms in total. The third-order valence-corrected chi connectivity index (χ3v) is 2.15. The minimum absolute atomic E-state index is 0.0726. The summed E-state index contributed by atoms with van der Waals surface area (Å²) in [6.45, 7) is 1.46. The Balaban J connectivity index is 3.23. The van der Waals surface area contributed by atoms with Crippen LogP contribution in [0, 0.1) is 12.7 Å². The van der Waals surface area contributed by atoms with Crippen LogP contribution in [0.2, 0.25) is 0 Å². The van der Waals surface area contributed by atoms with Gasteiger partial charge in [0.15, 0.2) is 0 Å². The number of halogens is 4. The Kier molecular flexibility index (Phi) is 2.77. The van der Waals surface area contributed by atoms with Gasteiger partial charge in [-0.25, -0.2) is 13.2 Å². The van der Waals surface area contributed by atoms with Crippen LogP contribution in [0.5, 0.6) is 0 Å². The van der Waals surface area contributed by atoms with E-state index in [1.807, 2.05) is 0 Å². The zero-order chi connectivity index (χ0) is 9.30. The molecule has 1 rings (SSSR count). The van der Waals surface area contributed by atoms with Gasteiger partial charge in [0.1, 0.15) is 5.82 Å². The van der Waals surface area contributed by atoms with Crippen LogP contribution in [0.1, 0.15) is 17.6 Å². The molecular formula is C8H6BrF3. The largest absolute Gasteiger partial charge is 0.264 e. The monoisotopic (exact) mass is 238 g/mol. The van der Waals surface area contributed by atoms with Gasteiger partial charge in [0.05, 0.1) is 4.47 Å². The molecule has 0 fully saturated rings. The molecule has 0 saturated carbocycles. The van der Waals surface area contributed by atoms with Gasteiger partial charge in [-0.1, -0.05) is 0 Å². The summed E-state index contributed by atoms with van der Waals surface area (Å²) in [5.74, 6) is -0.517. The molecule has 0 bridgehead atoms. The van der Waals surface area contributed by atoms with E-state index >= 15 is 0 Å². The molecule has 1 aromatic carbocycles. The highest BCUT2D eigenvalue weighted by molar-refractivity contribution is 9.10. The first-order valence-electron chi connectivity index (χ1n) is 3.26. The Morgan fingerprint density at radius 3 is 2.42 bits per heavy atom. The van der Waals surface area contributed by atoms with Gasteiger partial charge >= 0.3 is 0 Å². The van der Waals surface area contributed by atoms with Gasteiger partial charge in [-0.2, -0.15) is 0 Å². The van der Waals surface area contributed by atoms with E-state index in [9.17, 15) is 13.2 Å². The summed E-state index contributed by atoms with van der Waals surface area (Å²) in [4.78, 5) is 0. The molecule has 0 aliphatic rings. The smallest absolute Gasteiger partial charge is 0.206 e. The third kappa shape index (κ3) is 1.80. The molecule has 0 radical (unpaired) electrons. The third-order valence-electron chi connectivity index (χ3n) is 1.54. The highest BCUT2D eigenvalue weighted by Crippen LogP contribution is 2.27. The van der Waals surface area contributed by atoms with Crippen LogP contribution >= 0.6 is 15.9 Å². The lowest BCUT2D eigenvalue weighted by atomic mass is 10.1. The second-order valence-corrected chi connectivity index (χ2v) is 3.28. The first kappa shape index (κ1) is 9.58. The molecule has 0 saturated heterocycles. The number of alkyl halides is 2. The summed E-state index contributed by atoms with van der Waals surface area (Å²) in [7, 11) is 0. The van der Waals surface area contributed by atoms with Crippen LogP contribution in [0.4, 0.5) is 13.2 Å². The van der Waals surface area contributed by atoms with Crippen molar-refractivity contribution in [2.24, 2.45) is 0 Å². The number of benzene rings is 1. The van der Waals surface area contributed by atoms with E-state index in [0.29, 0.717) is 0 Å². The first-order valence-corrected chi connectivity index (χ1v) is 4.05. The molecule has 66 valence electrons. The molecule has 0 atom stereocenters. The van der Waals surface area contributed by atoms with Crippen LogP contribution in [0.15, 0.2) is 16.6 Å². The predicted molar refractivity (Wildman–Crippen MR) is 43.8 cm³/mol. The number of hydrogen-bond donors (Lipinski definition) is 0. The molecule has 0 N–H and O–H groups in total. The second kappa shape index (κ2) is 3.47. The zero-order valence-electron chi connectivity index (χ0n) is 6.24. The fraction of sp³-hybridized carbons (Fsp3) is 0.250. The lowest BCUT2D eigenvalue weighted by molar-refractivity contribution is 0.150. The molecule has 0 aliphatic carbocycles. The minimum Gasteiger partial charge on any atom is -0.206 e. The summed E-state index contributed by atoms with van der Waals surface area (Å²) >= 11 is 2.84. The highest BCUT2D eigenvalue weighted by atomic mass is 79.9. The number of aryl methyl sites for hydroxylation is 1. The van der Waals surface area contributed by atoms with Crippen molar-refractivity contribution in [2.45, 2.75) is 13.3 Å². The molecule has 0 unspecified atom stereocenters. The van der Waals surface area contributed by atoms with Crippen molar-refractivity contribution in [3.63, 3.8) is 0 Å². The summed E-state index contributed by atoms with van der Waals surface area (Å²) in [6, 6.07) is 2.20. The maximum Gasteiger partial charge on any atom is 0.264 e. The van der Waals surface area contributed by atoms with Crippen LogP contribution < -0.4 is 0 Å². The first-order chi connectivity index (χ1) is 5.52. The van der Waals surface area contributed by atoms with E-state index in [0.717, 1.165) is 12.1 Å². The van der Waals surface area contributed by atoms with E-state index in [2.05, 4.69) is 15.9 Å². The van der Waals surface area contributed by atoms with Crippen molar-refractivity contribution in [1.29, 1.82) is 0 Å². The Bertz CT molecular complexity index is 297. The zero-order valence-corrected chi connectivity index (χ0v) is 7.83. The number of hydrogen-bond acceptors (Lipinski definition) is 0. The Hall–Kier alpha value is -0.510. The SMILES string of the molecule is Cc1cc(F)c(Br)cc1C(F)F. The van der Waals surface area contributed by atoms with Gasteiger partial charge < -0.3 is 0 Å². The van der Waals surface area contributed by atoms with E-state index in [4.69, 9.17) is 0 Å². The molecule has 12 heavy (non-hydrogen) atoms. The van der Waals surface area contributed by atoms with Gasteiger partial charge in [0.25, 0.3) is 6.43 Å². The van der Waals surface area contributed by atoms with Gasteiger partial charge in [-0.05, 0) is 40.5 Å². The second-order valence-electron chi connectivity index (χ2n) is 2.42. The normalized spacial score (nSPS) is 10.8. The Morgan fingerprint density at radius 2 is 1.92 bits per heavy atom.